The molecule has 0 fully saturated rings. The fourth-order valence-corrected chi connectivity index (χ4v) is 6.20. The summed E-state index contributed by atoms with van der Waals surface area (Å²) in [7, 11) is 1.63. The van der Waals surface area contributed by atoms with Gasteiger partial charge in [-0.05, 0) is 0 Å². The Morgan fingerprint density at radius 2 is 1.59 bits per heavy atom. The van der Waals surface area contributed by atoms with Crippen molar-refractivity contribution in [2.75, 3.05) is 13.7 Å². The van der Waals surface area contributed by atoms with E-state index in [0.29, 0.717) is 6.42 Å². The number of carbonyl (C=O) groups is 2. The molecule has 3 aromatic carbocycles. The molecule has 4 rings (SSSR count). The summed E-state index contributed by atoms with van der Waals surface area (Å²) in [5.41, 5.74) is 5.72. The summed E-state index contributed by atoms with van der Waals surface area (Å²) in [6.45, 7) is 0.160. The van der Waals surface area contributed by atoms with Gasteiger partial charge in [-0.15, -0.1) is 0 Å². The molecule has 0 radical (unpaired) electrons. The molecule has 34 heavy (non-hydrogen) atoms. The number of carboxylic acids is 1. The van der Waals surface area contributed by atoms with Gasteiger partial charge in [-0.3, -0.25) is 0 Å². The third-order valence-electron chi connectivity index (χ3n) is 5.91. The van der Waals surface area contributed by atoms with Gasteiger partial charge in [-0.25, -0.2) is 0 Å². The summed E-state index contributed by atoms with van der Waals surface area (Å²) in [5.74, 6) is -0.294. The number of rotatable bonds is 10. The minimum atomic E-state index is -1.05. The number of methoxy groups -OCH3 is 1. The van der Waals surface area contributed by atoms with E-state index in [2.05, 4.69) is 17.4 Å². The molecule has 176 valence electrons. The van der Waals surface area contributed by atoms with Gasteiger partial charge in [0.2, 0.25) is 0 Å². The van der Waals surface area contributed by atoms with E-state index in [1.165, 1.54) is 5.56 Å². The summed E-state index contributed by atoms with van der Waals surface area (Å²) in [5, 5.41) is 13.7. The van der Waals surface area contributed by atoms with Gasteiger partial charge >= 0.3 is 206 Å². The van der Waals surface area contributed by atoms with Crippen LogP contribution >= 0.6 is 0 Å². The van der Waals surface area contributed by atoms with Crippen LogP contribution in [0.5, 0.6) is 5.75 Å². The van der Waals surface area contributed by atoms with Crippen LogP contribution in [0.2, 0.25) is 5.32 Å². The van der Waals surface area contributed by atoms with Gasteiger partial charge < -0.3 is 0 Å². The molecule has 0 spiro atoms. The molecule has 0 saturated carbocycles. The SMILES string of the molecule is COc1ccc(C[Se]CCC(NC(=O)OCC2c3ccccc3-c3ccccc32)C(=O)O)cc1. The predicted octanol–water partition coefficient (Wildman–Crippen LogP) is 4.70. The van der Waals surface area contributed by atoms with Gasteiger partial charge in [-0.2, -0.15) is 0 Å². The average molecular weight is 524 g/mol. The van der Waals surface area contributed by atoms with Gasteiger partial charge in [0.1, 0.15) is 0 Å². The van der Waals surface area contributed by atoms with Crippen LogP contribution < -0.4 is 10.1 Å². The Balaban J connectivity index is 1.27. The molecule has 1 unspecified atom stereocenters. The van der Waals surface area contributed by atoms with Crippen molar-refractivity contribution in [1.82, 2.24) is 5.32 Å². The first-order valence-corrected chi connectivity index (χ1v) is 13.5. The third-order valence-corrected chi connectivity index (χ3v) is 8.14. The second-order valence-corrected chi connectivity index (χ2v) is 10.4. The molecule has 7 heteroatoms. The van der Waals surface area contributed by atoms with E-state index < -0.39 is 18.1 Å². The van der Waals surface area contributed by atoms with E-state index in [0.717, 1.165) is 38.6 Å². The first-order valence-electron chi connectivity index (χ1n) is 11.1. The Kier molecular flexibility index (Phi) is 7.88. The topological polar surface area (TPSA) is 84.9 Å². The van der Waals surface area contributed by atoms with Gasteiger partial charge in [0.25, 0.3) is 0 Å². The number of carbonyl (C=O) groups excluding carboxylic acids is 1. The number of ether oxygens (including phenoxy) is 2. The van der Waals surface area contributed by atoms with Crippen molar-refractivity contribution in [3.63, 3.8) is 0 Å². The summed E-state index contributed by atoms with van der Waals surface area (Å²) in [6, 6.07) is 23.1. The Morgan fingerprint density at radius 3 is 2.18 bits per heavy atom. The number of alkyl carbamates (subject to hydrolysis) is 1. The van der Waals surface area contributed by atoms with Crippen molar-refractivity contribution in [3.05, 3.63) is 89.5 Å². The van der Waals surface area contributed by atoms with Crippen molar-refractivity contribution in [2.24, 2.45) is 0 Å². The fraction of sp³-hybridized carbons (Fsp3) is 0.259. The Labute approximate surface area is 205 Å². The molecular formula is C27H27NO5Se. The zero-order chi connectivity index (χ0) is 23.9. The van der Waals surface area contributed by atoms with Crippen LogP contribution in [0.1, 0.15) is 29.0 Å². The molecule has 0 aromatic heterocycles. The molecular weight excluding hydrogens is 497 g/mol. The van der Waals surface area contributed by atoms with Gasteiger partial charge in [0, 0.05) is 0 Å². The molecule has 1 aliphatic carbocycles. The van der Waals surface area contributed by atoms with Gasteiger partial charge in [0.15, 0.2) is 0 Å². The number of amides is 1. The Hall–Kier alpha value is -3.28. The molecule has 1 aliphatic rings. The van der Waals surface area contributed by atoms with Crippen LogP contribution in [0.25, 0.3) is 11.1 Å². The number of nitrogens with one attached hydrogen (secondary N) is 1. The first kappa shape index (κ1) is 23.9. The number of hydrogen-bond acceptors (Lipinski definition) is 4. The van der Waals surface area contributed by atoms with Crippen molar-refractivity contribution in [2.45, 2.75) is 29.0 Å². The molecule has 6 nitrogen and oxygen atoms in total. The first-order chi connectivity index (χ1) is 16.6. The van der Waals surface area contributed by atoms with Crippen molar-refractivity contribution < 1.29 is 24.2 Å². The Morgan fingerprint density at radius 1 is 0.971 bits per heavy atom. The summed E-state index contributed by atoms with van der Waals surface area (Å²) >= 11 is 0.227. The molecule has 2 N–H and O–H groups in total. The molecule has 3 aromatic rings. The molecule has 1 amide bonds. The molecule has 0 bridgehead atoms. The standard InChI is InChI=1S/C27H27NO5Se/c1-32-19-12-10-18(11-13-19)17-34-15-14-25(26(29)30)28-27(31)33-16-24-22-8-4-2-6-20(22)21-7-3-5-9-23(21)24/h2-13,24-25H,14-17H2,1H3,(H,28,31)(H,29,30). The summed E-state index contributed by atoms with van der Waals surface area (Å²) < 4.78 is 10.7. The number of benzene rings is 3. The monoisotopic (exact) mass is 525 g/mol. The summed E-state index contributed by atoms with van der Waals surface area (Å²) in [4.78, 5) is 24.1. The second-order valence-electron chi connectivity index (χ2n) is 8.05. The Bertz CT molecular complexity index is 1100. The fourth-order valence-electron chi connectivity index (χ4n) is 4.15. The third kappa shape index (κ3) is 5.61. The second kappa shape index (κ2) is 11.2. The van der Waals surface area contributed by atoms with E-state index in [1.54, 1.807) is 7.11 Å². The van der Waals surface area contributed by atoms with Crippen molar-refractivity contribution in [3.8, 4) is 16.9 Å². The van der Waals surface area contributed by atoms with Gasteiger partial charge in [-0.1, -0.05) is 0 Å². The van der Waals surface area contributed by atoms with Crippen LogP contribution in [0, 0.1) is 0 Å². The quantitative estimate of drug-likeness (QED) is 0.297. The molecule has 0 saturated heterocycles. The molecule has 0 aliphatic heterocycles. The van der Waals surface area contributed by atoms with Crippen LogP contribution in [-0.4, -0.2) is 51.9 Å². The van der Waals surface area contributed by atoms with E-state index >= 15 is 0 Å². The number of carboxylic acid groups (broad SMARTS) is 1. The predicted molar refractivity (Wildman–Crippen MR) is 132 cm³/mol. The number of fused-ring (bicyclic) bond motifs is 3. The number of hydrogen-bond donors (Lipinski definition) is 2. The molecule has 1 atom stereocenters. The van der Waals surface area contributed by atoms with Crippen molar-refractivity contribution >= 4 is 27.0 Å². The average Bonchev–Trinajstić information content (AvgIpc) is 3.18. The zero-order valence-corrected chi connectivity index (χ0v) is 20.6. The van der Waals surface area contributed by atoms with E-state index in [4.69, 9.17) is 9.47 Å². The van der Waals surface area contributed by atoms with Crippen LogP contribution in [0.3, 0.4) is 0 Å². The van der Waals surface area contributed by atoms with E-state index in [-0.39, 0.29) is 27.5 Å². The van der Waals surface area contributed by atoms with Crippen LogP contribution in [0.15, 0.2) is 72.8 Å². The maximum absolute atomic E-state index is 12.4. The summed E-state index contributed by atoms with van der Waals surface area (Å²) in [6.07, 6.45) is -0.327. The van der Waals surface area contributed by atoms with E-state index in [9.17, 15) is 14.7 Å². The number of aliphatic carboxylic acids is 1. The normalized spacial score (nSPS) is 13.0. The van der Waals surface area contributed by atoms with Crippen LogP contribution in [-0.2, 0) is 14.9 Å². The molecule has 0 heterocycles. The zero-order valence-electron chi connectivity index (χ0n) is 18.9. The van der Waals surface area contributed by atoms with Gasteiger partial charge in [0.05, 0.1) is 0 Å². The minimum absolute atomic E-state index is 0.0609. The maximum atomic E-state index is 12.4. The van der Waals surface area contributed by atoms with Crippen LogP contribution in [0.4, 0.5) is 4.79 Å². The van der Waals surface area contributed by atoms with Crippen molar-refractivity contribution in [1.29, 1.82) is 0 Å². The van der Waals surface area contributed by atoms with E-state index in [1.807, 2.05) is 60.7 Å².